The number of hydrogen-bond donors (Lipinski definition) is 3. The summed E-state index contributed by atoms with van der Waals surface area (Å²) in [6.45, 7) is 0. The maximum atomic E-state index is 12.1. The second-order valence-corrected chi connectivity index (χ2v) is 5.85. The topological polar surface area (TPSA) is 109 Å². The van der Waals surface area contributed by atoms with E-state index in [2.05, 4.69) is 15.5 Å². The van der Waals surface area contributed by atoms with E-state index in [1.807, 2.05) is 0 Å². The summed E-state index contributed by atoms with van der Waals surface area (Å²) >= 11 is 5.93. The molecule has 3 aromatic rings. The number of methoxy groups -OCH3 is 1. The minimum absolute atomic E-state index is 0.185. The molecule has 9 heteroatoms. The fourth-order valence-electron chi connectivity index (χ4n) is 2.35. The zero-order chi connectivity index (χ0) is 19.4. The molecule has 0 aliphatic rings. The van der Waals surface area contributed by atoms with Crippen molar-refractivity contribution in [1.82, 2.24) is 9.55 Å². The lowest BCUT2D eigenvalue weighted by atomic mass is 10.3. The van der Waals surface area contributed by atoms with Gasteiger partial charge in [-0.1, -0.05) is 17.7 Å². The zero-order valence-electron chi connectivity index (χ0n) is 14.1. The number of anilines is 1. The van der Waals surface area contributed by atoms with E-state index < -0.39 is 17.1 Å². The number of benzene rings is 2. The van der Waals surface area contributed by atoms with Gasteiger partial charge in [0.05, 0.1) is 24.7 Å². The molecular weight excluding hydrogens is 372 g/mol. The molecule has 0 amide bonds. The highest BCUT2D eigenvalue weighted by atomic mass is 35.5. The molecule has 0 saturated heterocycles. The zero-order valence-corrected chi connectivity index (χ0v) is 14.9. The predicted molar refractivity (Wildman–Crippen MR) is 104 cm³/mol. The average Bonchev–Trinajstić information content (AvgIpc) is 2.65. The third-order valence-corrected chi connectivity index (χ3v) is 3.90. The Morgan fingerprint density at radius 2 is 1.96 bits per heavy atom. The number of ether oxygens (including phenoxy) is 1. The summed E-state index contributed by atoms with van der Waals surface area (Å²) in [4.78, 5) is 26.3. The maximum absolute atomic E-state index is 12.1. The monoisotopic (exact) mass is 386 g/mol. The summed E-state index contributed by atoms with van der Waals surface area (Å²) in [6, 6.07) is 13.2. The standard InChI is InChI=1S/C18H15ClN4O4/c1-27-14-7-5-12(6-8-14)22-20-10-15-16(24)21-18(26)23(17(15)25)13-4-2-3-11(19)9-13/h2-10,22,25H,1H3,(H,21,24,26). The molecule has 0 bridgehead atoms. The Morgan fingerprint density at radius 1 is 1.22 bits per heavy atom. The van der Waals surface area contributed by atoms with E-state index in [0.29, 0.717) is 22.1 Å². The van der Waals surface area contributed by atoms with Gasteiger partial charge in [-0.25, -0.2) is 9.36 Å². The first-order chi connectivity index (χ1) is 13.0. The van der Waals surface area contributed by atoms with Crippen LogP contribution < -0.4 is 21.4 Å². The van der Waals surface area contributed by atoms with E-state index in [4.69, 9.17) is 16.3 Å². The molecule has 0 radical (unpaired) electrons. The van der Waals surface area contributed by atoms with E-state index >= 15 is 0 Å². The molecule has 1 aromatic heterocycles. The second kappa shape index (κ2) is 7.79. The number of nitrogens with one attached hydrogen (secondary N) is 2. The molecule has 138 valence electrons. The third-order valence-electron chi connectivity index (χ3n) is 3.66. The molecule has 0 atom stereocenters. The van der Waals surface area contributed by atoms with Crippen molar-refractivity contribution < 1.29 is 9.84 Å². The number of hydrazone groups is 1. The fourth-order valence-corrected chi connectivity index (χ4v) is 2.53. The normalized spacial score (nSPS) is 10.9. The summed E-state index contributed by atoms with van der Waals surface area (Å²) in [6.07, 6.45) is 1.12. The van der Waals surface area contributed by atoms with Gasteiger partial charge >= 0.3 is 5.69 Å². The van der Waals surface area contributed by atoms with Crippen molar-refractivity contribution >= 4 is 23.5 Å². The minimum Gasteiger partial charge on any atom is -0.497 e. The molecule has 0 aliphatic carbocycles. The Morgan fingerprint density at radius 3 is 2.63 bits per heavy atom. The van der Waals surface area contributed by atoms with Crippen LogP contribution in [0.5, 0.6) is 11.6 Å². The molecule has 27 heavy (non-hydrogen) atoms. The van der Waals surface area contributed by atoms with Crippen LogP contribution in [0.15, 0.2) is 63.2 Å². The summed E-state index contributed by atoms with van der Waals surface area (Å²) in [7, 11) is 1.56. The minimum atomic E-state index is -0.792. The predicted octanol–water partition coefficient (Wildman–Crippen LogP) is 2.34. The van der Waals surface area contributed by atoms with E-state index in [0.717, 1.165) is 10.8 Å². The van der Waals surface area contributed by atoms with Gasteiger partial charge in [0.15, 0.2) is 0 Å². The van der Waals surface area contributed by atoms with Crippen LogP contribution in [-0.2, 0) is 0 Å². The average molecular weight is 387 g/mol. The molecule has 0 unspecified atom stereocenters. The first-order valence-corrected chi connectivity index (χ1v) is 8.15. The van der Waals surface area contributed by atoms with E-state index in [9.17, 15) is 14.7 Å². The Labute approximate surface area is 158 Å². The van der Waals surface area contributed by atoms with Crippen molar-refractivity contribution in [3.8, 4) is 17.3 Å². The van der Waals surface area contributed by atoms with Crippen LogP contribution in [0.2, 0.25) is 5.02 Å². The lowest BCUT2D eigenvalue weighted by Crippen LogP contribution is -2.31. The van der Waals surface area contributed by atoms with E-state index in [-0.39, 0.29) is 5.56 Å². The van der Waals surface area contributed by atoms with Crippen molar-refractivity contribution in [3.05, 3.63) is 80.0 Å². The van der Waals surface area contributed by atoms with Gasteiger partial charge in [0.25, 0.3) is 5.56 Å². The number of rotatable bonds is 5. The van der Waals surface area contributed by atoms with Crippen molar-refractivity contribution in [2.24, 2.45) is 5.10 Å². The number of aromatic hydroxyl groups is 1. The molecule has 0 spiro atoms. The van der Waals surface area contributed by atoms with Crippen LogP contribution >= 0.6 is 11.6 Å². The Bertz CT molecular complexity index is 1100. The highest BCUT2D eigenvalue weighted by molar-refractivity contribution is 6.30. The molecule has 0 saturated carbocycles. The fraction of sp³-hybridized carbons (Fsp3) is 0.0556. The molecule has 2 aromatic carbocycles. The second-order valence-electron chi connectivity index (χ2n) is 5.41. The Kier molecular flexibility index (Phi) is 5.28. The molecule has 1 heterocycles. The summed E-state index contributed by atoms with van der Waals surface area (Å²) < 4.78 is 6.00. The molecule has 8 nitrogen and oxygen atoms in total. The summed E-state index contributed by atoms with van der Waals surface area (Å²) in [5.74, 6) is 0.138. The largest absolute Gasteiger partial charge is 0.497 e. The van der Waals surface area contributed by atoms with Crippen LogP contribution in [0, 0.1) is 0 Å². The lowest BCUT2D eigenvalue weighted by molar-refractivity contribution is 0.415. The SMILES string of the molecule is COc1ccc(NN=Cc2c(O)n(-c3cccc(Cl)c3)c(=O)[nH]c2=O)cc1. The van der Waals surface area contributed by atoms with Gasteiger partial charge in [0, 0.05) is 5.02 Å². The van der Waals surface area contributed by atoms with Crippen LogP contribution in [0.1, 0.15) is 5.56 Å². The smallest absolute Gasteiger partial charge is 0.335 e. The van der Waals surface area contributed by atoms with E-state index in [1.165, 1.54) is 6.07 Å². The van der Waals surface area contributed by atoms with Crippen molar-refractivity contribution in [2.45, 2.75) is 0 Å². The van der Waals surface area contributed by atoms with Crippen molar-refractivity contribution in [2.75, 3.05) is 12.5 Å². The van der Waals surface area contributed by atoms with Crippen molar-refractivity contribution in [1.29, 1.82) is 0 Å². The quantitative estimate of drug-likeness (QED) is 0.460. The number of nitrogens with zero attached hydrogens (tertiary/aromatic N) is 2. The van der Waals surface area contributed by atoms with Gasteiger partial charge in [0.2, 0.25) is 5.88 Å². The van der Waals surface area contributed by atoms with Crippen LogP contribution in [0.3, 0.4) is 0 Å². The first-order valence-electron chi connectivity index (χ1n) is 7.77. The van der Waals surface area contributed by atoms with Gasteiger partial charge in [-0.3, -0.25) is 15.2 Å². The number of hydrogen-bond acceptors (Lipinski definition) is 6. The maximum Gasteiger partial charge on any atom is 0.335 e. The highest BCUT2D eigenvalue weighted by Gasteiger charge is 2.14. The highest BCUT2D eigenvalue weighted by Crippen LogP contribution is 2.19. The number of aromatic amines is 1. The third kappa shape index (κ3) is 4.01. The van der Waals surface area contributed by atoms with Crippen LogP contribution in [0.25, 0.3) is 5.69 Å². The molecular formula is C18H15ClN4O4. The van der Waals surface area contributed by atoms with Gasteiger partial charge < -0.3 is 9.84 Å². The number of H-pyrrole nitrogens is 1. The van der Waals surface area contributed by atoms with Crippen LogP contribution in [-0.4, -0.2) is 28.0 Å². The molecule has 3 rings (SSSR count). The Balaban J connectivity index is 1.94. The van der Waals surface area contributed by atoms with Crippen molar-refractivity contribution in [3.63, 3.8) is 0 Å². The number of aromatic nitrogens is 2. The first kappa shape index (κ1) is 18.3. The lowest BCUT2D eigenvalue weighted by Gasteiger charge is -2.09. The van der Waals surface area contributed by atoms with Gasteiger partial charge in [-0.15, -0.1) is 0 Å². The molecule has 0 aliphatic heterocycles. The van der Waals surface area contributed by atoms with Crippen LogP contribution in [0.4, 0.5) is 5.69 Å². The molecule has 0 fully saturated rings. The van der Waals surface area contributed by atoms with Gasteiger partial charge in [-0.2, -0.15) is 5.10 Å². The number of halogens is 1. The summed E-state index contributed by atoms with van der Waals surface area (Å²) in [5, 5.41) is 14.7. The van der Waals surface area contributed by atoms with Gasteiger partial charge in [-0.05, 0) is 42.5 Å². The van der Waals surface area contributed by atoms with E-state index in [1.54, 1.807) is 49.6 Å². The van der Waals surface area contributed by atoms with Gasteiger partial charge in [0.1, 0.15) is 11.3 Å². The molecule has 3 N–H and O–H groups in total. The Hall–Kier alpha value is -3.52. The summed E-state index contributed by atoms with van der Waals surface area (Å²) in [5.41, 5.74) is 1.93.